The lowest BCUT2D eigenvalue weighted by molar-refractivity contribution is -0.141. The monoisotopic (exact) mass is 335 g/mol. The van der Waals surface area contributed by atoms with Gasteiger partial charge >= 0.3 is 5.97 Å². The van der Waals surface area contributed by atoms with E-state index in [1.165, 1.54) is 0 Å². The van der Waals surface area contributed by atoms with Crippen LogP contribution in [0.5, 0.6) is 11.5 Å². The molecule has 132 valence electrons. The minimum absolute atomic E-state index is 0.0156. The first kappa shape index (κ1) is 18.1. The van der Waals surface area contributed by atoms with Crippen LogP contribution in [-0.4, -0.2) is 36.2 Å². The molecule has 2 atom stereocenters. The summed E-state index contributed by atoms with van der Waals surface area (Å²) in [6, 6.07) is 7.44. The van der Waals surface area contributed by atoms with E-state index < -0.39 is 5.97 Å². The first-order chi connectivity index (χ1) is 11.6. The summed E-state index contributed by atoms with van der Waals surface area (Å²) in [6.07, 6.45) is 2.87. The molecule has 0 bridgehead atoms. The third kappa shape index (κ3) is 5.44. The fraction of sp³-hybridized carbons (Fsp3) is 0.556. The number of carboxylic acids is 1. The molecule has 0 radical (unpaired) electrons. The first-order valence-electron chi connectivity index (χ1n) is 8.47. The molecule has 6 nitrogen and oxygen atoms in total. The fourth-order valence-corrected chi connectivity index (χ4v) is 2.90. The quantitative estimate of drug-likeness (QED) is 0.678. The lowest BCUT2D eigenvalue weighted by Crippen LogP contribution is -2.33. The van der Waals surface area contributed by atoms with Crippen molar-refractivity contribution in [1.82, 2.24) is 5.32 Å². The zero-order chi connectivity index (χ0) is 17.4. The molecule has 0 spiro atoms. The molecule has 1 aliphatic carbocycles. The van der Waals surface area contributed by atoms with Crippen molar-refractivity contribution in [1.29, 1.82) is 0 Å². The van der Waals surface area contributed by atoms with Crippen LogP contribution >= 0.6 is 0 Å². The van der Waals surface area contributed by atoms with Gasteiger partial charge in [0.1, 0.15) is 0 Å². The van der Waals surface area contributed by atoms with Gasteiger partial charge in [-0.25, -0.2) is 0 Å². The van der Waals surface area contributed by atoms with Crippen molar-refractivity contribution in [3.8, 4) is 11.5 Å². The van der Waals surface area contributed by atoms with Crippen molar-refractivity contribution in [2.45, 2.75) is 45.1 Å². The number of nitrogens with one attached hydrogen (secondary N) is 1. The van der Waals surface area contributed by atoms with Gasteiger partial charge in [0, 0.05) is 12.5 Å². The number of para-hydroxylation sites is 2. The molecule has 0 aromatic heterocycles. The smallest absolute Gasteiger partial charge is 0.306 e. The van der Waals surface area contributed by atoms with Gasteiger partial charge < -0.3 is 19.9 Å². The number of carboxylic acid groups (broad SMARTS) is 1. The van der Waals surface area contributed by atoms with E-state index in [1.54, 1.807) is 0 Å². The van der Waals surface area contributed by atoms with Crippen molar-refractivity contribution in [2.75, 3.05) is 13.2 Å². The number of carbonyl (C=O) groups excluding carboxylic acids is 1. The maximum Gasteiger partial charge on any atom is 0.306 e. The Balaban J connectivity index is 1.66. The Morgan fingerprint density at radius 2 is 1.92 bits per heavy atom. The second-order valence-electron chi connectivity index (χ2n) is 5.94. The lowest BCUT2D eigenvalue weighted by atomic mass is 10.1. The summed E-state index contributed by atoms with van der Waals surface area (Å²) in [5, 5.41) is 11.9. The number of hydrogen-bond acceptors (Lipinski definition) is 4. The SMILES string of the molecule is CCOc1ccccc1OCCCC(=O)N[C@@H]1CC[C@H](C(=O)O)C1. The molecule has 1 aliphatic rings. The summed E-state index contributed by atoms with van der Waals surface area (Å²) in [5.41, 5.74) is 0. The van der Waals surface area contributed by atoms with Crippen LogP contribution in [0.3, 0.4) is 0 Å². The zero-order valence-electron chi connectivity index (χ0n) is 14.0. The van der Waals surface area contributed by atoms with E-state index in [2.05, 4.69) is 5.32 Å². The summed E-state index contributed by atoms with van der Waals surface area (Å²) in [5.74, 6) is 0.240. The van der Waals surface area contributed by atoms with Crippen LogP contribution in [0.2, 0.25) is 0 Å². The van der Waals surface area contributed by atoms with Crippen LogP contribution in [0.1, 0.15) is 39.0 Å². The molecule has 2 N–H and O–H groups in total. The Labute approximate surface area is 142 Å². The number of amides is 1. The molecule has 1 saturated carbocycles. The molecule has 1 aromatic rings. The van der Waals surface area contributed by atoms with E-state index in [9.17, 15) is 9.59 Å². The van der Waals surface area contributed by atoms with Gasteiger partial charge in [0.05, 0.1) is 19.1 Å². The first-order valence-corrected chi connectivity index (χ1v) is 8.47. The second kappa shape index (κ2) is 9.15. The van der Waals surface area contributed by atoms with Crippen molar-refractivity contribution in [2.24, 2.45) is 5.92 Å². The van der Waals surface area contributed by atoms with Crippen LogP contribution in [-0.2, 0) is 9.59 Å². The van der Waals surface area contributed by atoms with Crippen molar-refractivity contribution >= 4 is 11.9 Å². The van der Waals surface area contributed by atoms with Crippen LogP contribution in [0.15, 0.2) is 24.3 Å². The van der Waals surface area contributed by atoms with Gasteiger partial charge in [0.2, 0.25) is 5.91 Å². The molecule has 0 unspecified atom stereocenters. The topological polar surface area (TPSA) is 84.9 Å². The van der Waals surface area contributed by atoms with Crippen molar-refractivity contribution in [3.05, 3.63) is 24.3 Å². The number of hydrogen-bond donors (Lipinski definition) is 2. The largest absolute Gasteiger partial charge is 0.490 e. The van der Waals surface area contributed by atoms with Crippen LogP contribution < -0.4 is 14.8 Å². The van der Waals surface area contributed by atoms with E-state index in [0.717, 1.165) is 6.42 Å². The third-order valence-corrected chi connectivity index (χ3v) is 4.10. The van der Waals surface area contributed by atoms with Gasteiger partial charge in [-0.2, -0.15) is 0 Å². The minimum Gasteiger partial charge on any atom is -0.490 e. The molecule has 0 saturated heterocycles. The minimum atomic E-state index is -0.770. The van der Waals surface area contributed by atoms with Crippen LogP contribution in [0.4, 0.5) is 0 Å². The highest BCUT2D eigenvalue weighted by molar-refractivity contribution is 5.76. The number of carbonyl (C=O) groups is 2. The predicted octanol–water partition coefficient (Wildman–Crippen LogP) is 2.61. The van der Waals surface area contributed by atoms with Gasteiger partial charge in [0.15, 0.2) is 11.5 Å². The molecule has 1 aromatic carbocycles. The molecule has 0 aliphatic heterocycles. The van der Waals surface area contributed by atoms with Gasteiger partial charge in [0.25, 0.3) is 0 Å². The van der Waals surface area contributed by atoms with Gasteiger partial charge in [-0.15, -0.1) is 0 Å². The van der Waals surface area contributed by atoms with Crippen molar-refractivity contribution in [3.63, 3.8) is 0 Å². The highest BCUT2D eigenvalue weighted by atomic mass is 16.5. The fourth-order valence-electron chi connectivity index (χ4n) is 2.90. The molecular formula is C18H25NO5. The Kier molecular flexibility index (Phi) is 6.90. The summed E-state index contributed by atoms with van der Waals surface area (Å²) >= 11 is 0. The maximum atomic E-state index is 11.9. The Hall–Kier alpha value is -2.24. The molecule has 1 amide bonds. The normalized spacial score (nSPS) is 19.7. The third-order valence-electron chi connectivity index (χ3n) is 4.10. The van der Waals surface area contributed by atoms with E-state index in [4.69, 9.17) is 14.6 Å². The lowest BCUT2D eigenvalue weighted by Gasteiger charge is -2.13. The standard InChI is InChI=1S/C18H25NO5/c1-2-23-15-6-3-4-7-16(15)24-11-5-8-17(20)19-14-10-9-13(12-14)18(21)22/h3-4,6-7,13-14H,2,5,8-12H2,1H3,(H,19,20)(H,21,22)/t13-,14+/m0/s1. The number of benzene rings is 1. The molecule has 1 fully saturated rings. The van der Waals surface area contributed by atoms with E-state index in [1.807, 2.05) is 31.2 Å². The predicted molar refractivity (Wildman–Crippen MR) is 89.2 cm³/mol. The Morgan fingerprint density at radius 3 is 2.54 bits per heavy atom. The summed E-state index contributed by atoms with van der Waals surface area (Å²) in [7, 11) is 0. The molecular weight excluding hydrogens is 310 g/mol. The highest BCUT2D eigenvalue weighted by Crippen LogP contribution is 2.27. The van der Waals surface area contributed by atoms with E-state index in [0.29, 0.717) is 50.4 Å². The van der Waals surface area contributed by atoms with Gasteiger partial charge in [-0.3, -0.25) is 9.59 Å². The Bertz CT molecular complexity index is 560. The average Bonchev–Trinajstić information content (AvgIpc) is 3.02. The summed E-state index contributed by atoms with van der Waals surface area (Å²) in [4.78, 5) is 22.8. The van der Waals surface area contributed by atoms with Gasteiger partial charge in [-0.05, 0) is 44.7 Å². The van der Waals surface area contributed by atoms with Crippen molar-refractivity contribution < 1.29 is 24.2 Å². The maximum absolute atomic E-state index is 11.9. The van der Waals surface area contributed by atoms with Gasteiger partial charge in [-0.1, -0.05) is 12.1 Å². The zero-order valence-corrected chi connectivity index (χ0v) is 14.0. The molecule has 6 heteroatoms. The Morgan fingerprint density at radius 1 is 1.21 bits per heavy atom. The number of aliphatic carboxylic acids is 1. The molecule has 24 heavy (non-hydrogen) atoms. The van der Waals surface area contributed by atoms with E-state index in [-0.39, 0.29) is 17.9 Å². The number of rotatable bonds is 9. The van der Waals surface area contributed by atoms with Crippen LogP contribution in [0.25, 0.3) is 0 Å². The highest BCUT2D eigenvalue weighted by Gasteiger charge is 2.30. The summed E-state index contributed by atoms with van der Waals surface area (Å²) in [6.45, 7) is 2.92. The second-order valence-corrected chi connectivity index (χ2v) is 5.94. The summed E-state index contributed by atoms with van der Waals surface area (Å²) < 4.78 is 11.2. The molecule has 2 rings (SSSR count). The average molecular weight is 335 g/mol. The van der Waals surface area contributed by atoms with Crippen LogP contribution in [0, 0.1) is 5.92 Å². The molecule has 0 heterocycles. The van der Waals surface area contributed by atoms with E-state index >= 15 is 0 Å². The number of ether oxygens (including phenoxy) is 2.